The Kier molecular flexibility index (Phi) is 3.95. The van der Waals surface area contributed by atoms with Crippen LogP contribution in [-0.4, -0.2) is 65.7 Å². The molecule has 0 radical (unpaired) electrons. The van der Waals surface area contributed by atoms with Crippen molar-refractivity contribution in [1.29, 1.82) is 0 Å². The van der Waals surface area contributed by atoms with Crippen molar-refractivity contribution in [3.8, 4) is 0 Å². The topological polar surface area (TPSA) is 89.5 Å². The van der Waals surface area contributed by atoms with Gasteiger partial charge in [0.25, 0.3) is 10.0 Å². The van der Waals surface area contributed by atoms with E-state index < -0.39 is 10.0 Å². The van der Waals surface area contributed by atoms with Crippen molar-refractivity contribution in [3.63, 3.8) is 0 Å². The molecule has 1 saturated heterocycles. The Morgan fingerprint density at radius 3 is 2.74 bits per heavy atom. The number of aryl methyl sites for hydroxylation is 1. The lowest BCUT2D eigenvalue weighted by Gasteiger charge is -2.36. The van der Waals surface area contributed by atoms with Gasteiger partial charge in [-0.15, -0.1) is 0 Å². The standard InChI is InChI=1S/C11H20N4O3S/c1-8-6-14(3)4-5-15(8)19(17,18)11-10(7-16)9(2)12-13-11/h8,16H,4-7H2,1-3H3,(H,12,13). The number of aromatic amines is 1. The zero-order valence-electron chi connectivity index (χ0n) is 11.4. The number of aliphatic hydroxyl groups is 1. The molecule has 1 atom stereocenters. The van der Waals surface area contributed by atoms with Crippen molar-refractivity contribution in [1.82, 2.24) is 19.4 Å². The number of H-pyrrole nitrogens is 1. The second-order valence-corrected chi connectivity index (χ2v) is 6.82. The highest BCUT2D eigenvalue weighted by Gasteiger charge is 2.36. The first kappa shape index (κ1) is 14.4. The summed E-state index contributed by atoms with van der Waals surface area (Å²) in [7, 11) is -1.68. The molecular weight excluding hydrogens is 268 g/mol. The number of aliphatic hydroxyl groups excluding tert-OH is 1. The maximum absolute atomic E-state index is 12.6. The fourth-order valence-electron chi connectivity index (χ4n) is 2.42. The second-order valence-electron chi connectivity index (χ2n) is 5.02. The van der Waals surface area contributed by atoms with Crippen LogP contribution < -0.4 is 0 Å². The molecule has 0 spiro atoms. The van der Waals surface area contributed by atoms with Crippen LogP contribution in [-0.2, 0) is 16.6 Å². The molecule has 1 fully saturated rings. The number of piperazine rings is 1. The minimum absolute atomic E-state index is 0.0519. The summed E-state index contributed by atoms with van der Waals surface area (Å²) in [5.41, 5.74) is 0.939. The van der Waals surface area contributed by atoms with Crippen LogP contribution in [0.5, 0.6) is 0 Å². The Bertz CT molecular complexity index is 554. The van der Waals surface area contributed by atoms with Crippen LogP contribution in [0.25, 0.3) is 0 Å². The van der Waals surface area contributed by atoms with E-state index in [1.165, 1.54) is 4.31 Å². The number of hydrogen-bond donors (Lipinski definition) is 2. The first-order valence-corrected chi connectivity index (χ1v) is 7.67. The third-order valence-electron chi connectivity index (χ3n) is 3.52. The number of nitrogens with one attached hydrogen (secondary N) is 1. The van der Waals surface area contributed by atoms with Crippen molar-refractivity contribution < 1.29 is 13.5 Å². The van der Waals surface area contributed by atoms with Gasteiger partial charge in [0, 0.05) is 36.9 Å². The number of aromatic nitrogens is 2. The van der Waals surface area contributed by atoms with Gasteiger partial charge in [0.1, 0.15) is 0 Å². The lowest BCUT2D eigenvalue weighted by molar-refractivity contribution is 0.170. The third-order valence-corrected chi connectivity index (χ3v) is 5.50. The first-order valence-electron chi connectivity index (χ1n) is 6.23. The molecule has 1 unspecified atom stereocenters. The maximum Gasteiger partial charge on any atom is 0.263 e. The summed E-state index contributed by atoms with van der Waals surface area (Å²) in [6, 6.07) is -0.104. The lowest BCUT2D eigenvalue weighted by Crippen LogP contribution is -2.52. The number of likely N-dealkylation sites (N-methyl/N-ethyl adjacent to an activating group) is 1. The molecule has 8 heteroatoms. The summed E-state index contributed by atoms with van der Waals surface area (Å²) >= 11 is 0. The summed E-state index contributed by atoms with van der Waals surface area (Å²) in [5.74, 6) is 0. The molecule has 2 heterocycles. The molecule has 2 rings (SSSR count). The van der Waals surface area contributed by atoms with E-state index in [0.717, 1.165) is 0 Å². The molecule has 1 aromatic rings. The van der Waals surface area contributed by atoms with Crippen molar-refractivity contribution in [2.45, 2.75) is 31.5 Å². The number of nitrogens with zero attached hydrogens (tertiary/aromatic N) is 3. The number of sulfonamides is 1. The van der Waals surface area contributed by atoms with Crippen LogP contribution in [0, 0.1) is 6.92 Å². The van der Waals surface area contributed by atoms with Gasteiger partial charge >= 0.3 is 0 Å². The highest BCUT2D eigenvalue weighted by atomic mass is 32.2. The number of hydrogen-bond acceptors (Lipinski definition) is 5. The molecule has 2 N–H and O–H groups in total. The molecule has 0 aromatic carbocycles. The minimum Gasteiger partial charge on any atom is -0.392 e. The normalized spacial score (nSPS) is 22.8. The molecule has 1 aliphatic heterocycles. The van der Waals surface area contributed by atoms with E-state index in [1.807, 2.05) is 14.0 Å². The number of rotatable bonds is 3. The van der Waals surface area contributed by atoms with Crippen LogP contribution >= 0.6 is 0 Å². The quantitative estimate of drug-likeness (QED) is 0.785. The Balaban J connectivity index is 2.37. The van der Waals surface area contributed by atoms with Crippen LogP contribution in [0.1, 0.15) is 18.2 Å². The van der Waals surface area contributed by atoms with Gasteiger partial charge in [-0.2, -0.15) is 9.40 Å². The fraction of sp³-hybridized carbons (Fsp3) is 0.727. The average molecular weight is 288 g/mol. The molecule has 1 aromatic heterocycles. The Labute approximate surface area is 113 Å². The van der Waals surface area contributed by atoms with E-state index in [9.17, 15) is 13.5 Å². The predicted octanol–water partition coefficient (Wildman–Crippen LogP) is -0.465. The van der Waals surface area contributed by atoms with Gasteiger partial charge in [0.05, 0.1) is 6.61 Å². The molecule has 0 aliphatic carbocycles. The molecule has 1 aliphatic rings. The fourth-order valence-corrected chi connectivity index (χ4v) is 4.20. The molecule has 0 amide bonds. The Hall–Kier alpha value is -0.960. The van der Waals surface area contributed by atoms with E-state index in [-0.39, 0.29) is 17.7 Å². The third kappa shape index (κ3) is 2.53. The zero-order chi connectivity index (χ0) is 14.2. The van der Waals surface area contributed by atoms with Gasteiger partial charge in [-0.05, 0) is 20.9 Å². The predicted molar refractivity (Wildman–Crippen MR) is 70.1 cm³/mol. The van der Waals surface area contributed by atoms with Gasteiger partial charge in [0.2, 0.25) is 0 Å². The van der Waals surface area contributed by atoms with Crippen LogP contribution in [0.4, 0.5) is 0 Å². The molecule has 108 valence electrons. The summed E-state index contributed by atoms with van der Waals surface area (Å²) < 4.78 is 26.7. The highest BCUT2D eigenvalue weighted by molar-refractivity contribution is 7.89. The van der Waals surface area contributed by atoms with Gasteiger partial charge < -0.3 is 10.0 Å². The van der Waals surface area contributed by atoms with Crippen LogP contribution in [0.3, 0.4) is 0 Å². The highest BCUT2D eigenvalue weighted by Crippen LogP contribution is 2.23. The van der Waals surface area contributed by atoms with Gasteiger partial charge in [-0.1, -0.05) is 0 Å². The summed E-state index contributed by atoms with van der Waals surface area (Å²) in [4.78, 5) is 2.10. The summed E-state index contributed by atoms with van der Waals surface area (Å²) in [6.45, 7) is 5.07. The van der Waals surface area contributed by atoms with E-state index in [1.54, 1.807) is 6.92 Å². The first-order chi connectivity index (χ1) is 8.87. The van der Waals surface area contributed by atoms with Gasteiger partial charge in [-0.3, -0.25) is 5.10 Å². The molecule has 0 saturated carbocycles. The zero-order valence-corrected chi connectivity index (χ0v) is 12.2. The van der Waals surface area contributed by atoms with E-state index >= 15 is 0 Å². The SMILES string of the molecule is Cc1[nH]nc(S(=O)(=O)N2CCN(C)CC2C)c1CO. The molecular formula is C11H20N4O3S. The van der Waals surface area contributed by atoms with Crippen LogP contribution in [0.15, 0.2) is 5.03 Å². The molecule has 0 bridgehead atoms. The largest absolute Gasteiger partial charge is 0.392 e. The molecule has 19 heavy (non-hydrogen) atoms. The van der Waals surface area contributed by atoms with E-state index in [4.69, 9.17) is 0 Å². The van der Waals surface area contributed by atoms with Gasteiger partial charge in [0.15, 0.2) is 5.03 Å². The lowest BCUT2D eigenvalue weighted by atomic mass is 10.2. The molecule has 7 nitrogen and oxygen atoms in total. The van der Waals surface area contributed by atoms with E-state index in [0.29, 0.717) is 30.9 Å². The minimum atomic E-state index is -3.65. The van der Waals surface area contributed by atoms with Crippen molar-refractivity contribution in [2.75, 3.05) is 26.7 Å². The monoisotopic (exact) mass is 288 g/mol. The van der Waals surface area contributed by atoms with Gasteiger partial charge in [-0.25, -0.2) is 8.42 Å². The second kappa shape index (κ2) is 5.20. The smallest absolute Gasteiger partial charge is 0.263 e. The van der Waals surface area contributed by atoms with E-state index in [2.05, 4.69) is 15.1 Å². The Morgan fingerprint density at radius 1 is 1.47 bits per heavy atom. The van der Waals surface area contributed by atoms with Crippen molar-refractivity contribution in [2.24, 2.45) is 0 Å². The Morgan fingerprint density at radius 2 is 2.16 bits per heavy atom. The van der Waals surface area contributed by atoms with Crippen molar-refractivity contribution >= 4 is 10.0 Å². The summed E-state index contributed by atoms with van der Waals surface area (Å²) in [6.07, 6.45) is 0. The van der Waals surface area contributed by atoms with Crippen molar-refractivity contribution in [3.05, 3.63) is 11.3 Å². The summed E-state index contributed by atoms with van der Waals surface area (Å²) in [5, 5.41) is 15.7. The average Bonchev–Trinajstić information content (AvgIpc) is 2.70. The van der Waals surface area contributed by atoms with Crippen LogP contribution in [0.2, 0.25) is 0 Å². The maximum atomic E-state index is 12.6.